The van der Waals surface area contributed by atoms with Crippen LogP contribution in [0.3, 0.4) is 0 Å². The summed E-state index contributed by atoms with van der Waals surface area (Å²) < 4.78 is 1.92. The number of hydrogen-bond acceptors (Lipinski definition) is 4. The maximum Gasteiger partial charge on any atom is 0.141 e. The molecule has 0 atom stereocenters. The third-order valence-electron chi connectivity index (χ3n) is 2.60. The van der Waals surface area contributed by atoms with Gasteiger partial charge in [-0.2, -0.15) is 5.10 Å². The molecule has 0 spiro atoms. The Morgan fingerprint density at radius 2 is 2.06 bits per heavy atom. The predicted octanol–water partition coefficient (Wildman–Crippen LogP) is 1.06. The molecule has 5 heteroatoms. The van der Waals surface area contributed by atoms with Crippen LogP contribution in [-0.2, 0) is 6.54 Å². The van der Waals surface area contributed by atoms with Gasteiger partial charge in [0, 0.05) is 18.6 Å². The third kappa shape index (κ3) is 3.28. The quantitative estimate of drug-likeness (QED) is 0.788. The average Bonchev–Trinajstić information content (AvgIpc) is 2.65. The van der Waals surface area contributed by atoms with Crippen LogP contribution in [0.4, 0.5) is 0 Å². The first-order valence-corrected chi connectivity index (χ1v) is 5.79. The molecule has 0 amide bonds. The fourth-order valence-corrected chi connectivity index (χ4v) is 1.65. The lowest BCUT2D eigenvalue weighted by molar-refractivity contribution is 0.153. The molecule has 92 valence electrons. The van der Waals surface area contributed by atoms with Gasteiger partial charge in [-0.25, -0.2) is 9.67 Å². The lowest BCUT2D eigenvalue weighted by Crippen LogP contribution is -2.34. The van der Waals surface area contributed by atoms with Gasteiger partial charge in [0.25, 0.3) is 0 Å². The lowest BCUT2D eigenvalue weighted by atomic mass is 10.3. The molecule has 1 rings (SSSR count). The summed E-state index contributed by atoms with van der Waals surface area (Å²) >= 11 is 0. The van der Waals surface area contributed by atoms with Crippen molar-refractivity contribution in [2.24, 2.45) is 0 Å². The first-order valence-electron chi connectivity index (χ1n) is 5.79. The molecule has 5 nitrogen and oxygen atoms in total. The molecule has 1 aromatic heterocycles. The van der Waals surface area contributed by atoms with Gasteiger partial charge < -0.3 is 5.11 Å². The van der Waals surface area contributed by atoms with Gasteiger partial charge in [0.1, 0.15) is 12.2 Å². The largest absolute Gasteiger partial charge is 0.395 e. The van der Waals surface area contributed by atoms with E-state index in [1.54, 1.807) is 6.33 Å². The number of nitrogens with zero attached hydrogens (tertiary/aromatic N) is 4. The fourth-order valence-electron chi connectivity index (χ4n) is 1.65. The van der Waals surface area contributed by atoms with Crippen LogP contribution in [0.25, 0.3) is 0 Å². The number of rotatable bonds is 6. The zero-order valence-electron chi connectivity index (χ0n) is 10.6. The van der Waals surface area contributed by atoms with Gasteiger partial charge in [-0.15, -0.1) is 0 Å². The van der Waals surface area contributed by atoms with Crippen LogP contribution in [0.5, 0.6) is 0 Å². The molecule has 0 saturated heterocycles. The minimum absolute atomic E-state index is 0.175. The Balaban J connectivity index is 2.73. The molecular formula is C11H22N4O. The summed E-state index contributed by atoms with van der Waals surface area (Å²) in [5, 5.41) is 13.2. The molecule has 0 radical (unpaired) electrons. The second-order valence-corrected chi connectivity index (χ2v) is 4.50. The van der Waals surface area contributed by atoms with Crippen molar-refractivity contribution in [3.05, 3.63) is 12.2 Å². The topological polar surface area (TPSA) is 54.2 Å². The Hall–Kier alpha value is -0.940. The Kier molecular flexibility index (Phi) is 4.89. The Bertz CT molecular complexity index is 309. The molecule has 0 aromatic carbocycles. The maximum atomic E-state index is 9.01. The smallest absolute Gasteiger partial charge is 0.141 e. The SMILES string of the molecule is CC(C)N(CCO)Cc1ncnn1C(C)C. The molecule has 0 saturated carbocycles. The van der Waals surface area contributed by atoms with Gasteiger partial charge in [0.05, 0.1) is 13.2 Å². The summed E-state index contributed by atoms with van der Waals surface area (Å²) in [6.45, 7) is 9.98. The van der Waals surface area contributed by atoms with Crippen molar-refractivity contribution in [2.45, 2.75) is 46.3 Å². The summed E-state index contributed by atoms with van der Waals surface area (Å²) in [6.07, 6.45) is 1.59. The minimum atomic E-state index is 0.175. The second kappa shape index (κ2) is 5.96. The van der Waals surface area contributed by atoms with E-state index in [1.165, 1.54) is 0 Å². The van der Waals surface area contributed by atoms with Crippen LogP contribution >= 0.6 is 0 Å². The van der Waals surface area contributed by atoms with E-state index < -0.39 is 0 Å². The van der Waals surface area contributed by atoms with Crippen molar-refractivity contribution < 1.29 is 5.11 Å². The minimum Gasteiger partial charge on any atom is -0.395 e. The molecular weight excluding hydrogens is 204 g/mol. The second-order valence-electron chi connectivity index (χ2n) is 4.50. The van der Waals surface area contributed by atoms with Crippen LogP contribution in [0.15, 0.2) is 6.33 Å². The monoisotopic (exact) mass is 226 g/mol. The van der Waals surface area contributed by atoms with Gasteiger partial charge >= 0.3 is 0 Å². The van der Waals surface area contributed by atoms with E-state index in [1.807, 2.05) is 4.68 Å². The van der Waals surface area contributed by atoms with E-state index in [9.17, 15) is 0 Å². The Morgan fingerprint density at radius 1 is 1.38 bits per heavy atom. The molecule has 0 aliphatic heterocycles. The van der Waals surface area contributed by atoms with E-state index in [0.717, 1.165) is 12.4 Å². The summed E-state index contributed by atoms with van der Waals surface area (Å²) in [6, 6.07) is 0.713. The molecule has 1 heterocycles. The lowest BCUT2D eigenvalue weighted by Gasteiger charge is -2.25. The van der Waals surface area contributed by atoms with E-state index in [2.05, 4.69) is 42.7 Å². The van der Waals surface area contributed by atoms with Crippen molar-refractivity contribution in [3.8, 4) is 0 Å². The molecule has 0 fully saturated rings. The average molecular weight is 226 g/mol. The highest BCUT2D eigenvalue weighted by Crippen LogP contribution is 2.09. The number of aliphatic hydroxyl groups is 1. The molecule has 1 aromatic rings. The van der Waals surface area contributed by atoms with Crippen molar-refractivity contribution in [3.63, 3.8) is 0 Å². The van der Waals surface area contributed by atoms with E-state index in [4.69, 9.17) is 5.11 Å². The summed E-state index contributed by atoms with van der Waals surface area (Å²) in [5.41, 5.74) is 0. The molecule has 1 N–H and O–H groups in total. The van der Waals surface area contributed by atoms with E-state index >= 15 is 0 Å². The van der Waals surface area contributed by atoms with Gasteiger partial charge in [0.2, 0.25) is 0 Å². The maximum absolute atomic E-state index is 9.01. The molecule has 0 unspecified atom stereocenters. The van der Waals surface area contributed by atoms with Crippen molar-refractivity contribution in [1.82, 2.24) is 19.7 Å². The third-order valence-corrected chi connectivity index (χ3v) is 2.60. The van der Waals surface area contributed by atoms with Gasteiger partial charge in [0.15, 0.2) is 0 Å². The first kappa shape index (κ1) is 13.1. The predicted molar refractivity (Wildman–Crippen MR) is 63.0 cm³/mol. The van der Waals surface area contributed by atoms with E-state index in [-0.39, 0.29) is 6.61 Å². The van der Waals surface area contributed by atoms with Crippen LogP contribution in [0.2, 0.25) is 0 Å². The number of hydrogen-bond donors (Lipinski definition) is 1. The van der Waals surface area contributed by atoms with Crippen LogP contribution < -0.4 is 0 Å². The number of aliphatic hydroxyl groups excluding tert-OH is 1. The zero-order chi connectivity index (χ0) is 12.1. The summed E-state index contributed by atoms with van der Waals surface area (Å²) in [7, 11) is 0. The molecule has 0 aliphatic carbocycles. The molecule has 0 bridgehead atoms. The van der Waals surface area contributed by atoms with Gasteiger partial charge in [-0.05, 0) is 27.7 Å². The molecule has 0 aliphatic rings. The Labute approximate surface area is 97.1 Å². The highest BCUT2D eigenvalue weighted by molar-refractivity contribution is 4.87. The van der Waals surface area contributed by atoms with Crippen LogP contribution in [0.1, 0.15) is 39.6 Å². The molecule has 16 heavy (non-hydrogen) atoms. The number of aromatic nitrogens is 3. The van der Waals surface area contributed by atoms with Crippen molar-refractivity contribution in [1.29, 1.82) is 0 Å². The zero-order valence-corrected chi connectivity index (χ0v) is 10.6. The fraction of sp³-hybridized carbons (Fsp3) is 0.818. The van der Waals surface area contributed by atoms with Crippen molar-refractivity contribution >= 4 is 0 Å². The normalized spacial score (nSPS) is 12.0. The van der Waals surface area contributed by atoms with Crippen LogP contribution in [-0.4, -0.2) is 44.0 Å². The van der Waals surface area contributed by atoms with E-state index in [0.29, 0.717) is 18.6 Å². The summed E-state index contributed by atoms with van der Waals surface area (Å²) in [5.74, 6) is 0.956. The Morgan fingerprint density at radius 3 is 2.56 bits per heavy atom. The van der Waals surface area contributed by atoms with Gasteiger partial charge in [-0.3, -0.25) is 4.90 Å². The highest BCUT2D eigenvalue weighted by Gasteiger charge is 2.14. The summed E-state index contributed by atoms with van der Waals surface area (Å²) in [4.78, 5) is 6.45. The highest BCUT2D eigenvalue weighted by atomic mass is 16.3. The van der Waals surface area contributed by atoms with Crippen LogP contribution in [0, 0.1) is 0 Å². The van der Waals surface area contributed by atoms with Crippen molar-refractivity contribution in [2.75, 3.05) is 13.2 Å². The van der Waals surface area contributed by atoms with Gasteiger partial charge in [-0.1, -0.05) is 0 Å². The first-order chi connectivity index (χ1) is 7.56. The standard InChI is InChI=1S/C11H22N4O/c1-9(2)14(5-6-16)7-11-12-8-13-15(11)10(3)4/h8-10,16H,5-7H2,1-4H3.